The van der Waals surface area contributed by atoms with Crippen molar-refractivity contribution in [3.63, 3.8) is 0 Å². The van der Waals surface area contributed by atoms with E-state index in [9.17, 15) is 73.2 Å². The topological polar surface area (TPSA) is 483 Å². The van der Waals surface area contributed by atoms with Gasteiger partial charge in [-0.3, -0.25) is 52.7 Å². The monoisotopic (exact) mass is 1420 g/mol. The molecule has 0 saturated heterocycles. The van der Waals surface area contributed by atoms with E-state index in [1.54, 1.807) is 48.7 Å². The lowest BCUT2D eigenvalue weighted by molar-refractivity contribution is -0.143. The highest BCUT2D eigenvalue weighted by Gasteiger charge is 2.43. The molecule has 31 nitrogen and oxygen atoms in total. The zero-order valence-corrected chi connectivity index (χ0v) is 57.5. The normalized spacial score (nSPS) is 14.3. The maximum atomic E-state index is 15.5. The second-order valence-corrected chi connectivity index (χ2v) is 25.4. The van der Waals surface area contributed by atoms with Crippen LogP contribution in [0, 0.1) is 16.6 Å². The number of tetrazole rings is 1. The number of carboxylic acids is 1. The van der Waals surface area contributed by atoms with Crippen molar-refractivity contribution in [1.82, 2.24) is 67.8 Å². The number of hydrogen-bond acceptors (Lipinski definition) is 20. The Labute approximate surface area is 587 Å². The van der Waals surface area contributed by atoms with Gasteiger partial charge in [0.15, 0.2) is 17.4 Å². The number of amides is 8. The summed E-state index contributed by atoms with van der Waals surface area (Å²) < 4.78 is 21.4. The number of Topliss-reactive ketones (excluding diaryl/α,β-unsaturated/α-hetero) is 2. The number of benzene rings is 4. The van der Waals surface area contributed by atoms with Crippen LogP contribution in [0.4, 0.5) is 10.1 Å². The summed E-state index contributed by atoms with van der Waals surface area (Å²) in [4.78, 5) is 159. The molecule has 0 spiro atoms. The first-order chi connectivity index (χ1) is 48.5. The molecule has 6 rings (SSSR count). The van der Waals surface area contributed by atoms with E-state index in [4.69, 9.17) is 10.5 Å². The van der Waals surface area contributed by atoms with Crippen molar-refractivity contribution in [3.8, 4) is 16.9 Å². The SMILES string of the molecule is CCc1cc(OCCCCN)ccc1-c1ccc(C[C@H](NC(=O)[C@H](CC(=O)O)NC(=O)[C@H](CO)NC(=O)[C@@H](NC(=O)[C@@](C)(CC(=O)[C@@H](NC(=O)CCC(=O)[C@H](Cc2nn[nH]n2)NC(=O)C(C)(C)C(=O)NCCc2cnc[nH]2)[C@@H](C)O)Cc2ccccc2F)[C@@H](C)O)C(=O)Nc2ccccc2)cc1. The van der Waals surface area contributed by atoms with Crippen LogP contribution in [-0.4, -0.2) is 191 Å². The molecule has 16 N–H and O–H groups in total. The molecule has 0 bridgehead atoms. The van der Waals surface area contributed by atoms with E-state index in [1.165, 1.54) is 45.3 Å². The van der Waals surface area contributed by atoms with Gasteiger partial charge in [0.05, 0.1) is 49.6 Å². The Balaban J connectivity index is 1.14. The number of carbonyl (C=O) groups excluding carboxylic acids is 10. The van der Waals surface area contributed by atoms with Crippen molar-refractivity contribution in [2.24, 2.45) is 16.6 Å². The average Bonchev–Trinajstić information content (AvgIpc) is 0.917. The molecule has 32 heteroatoms. The number of halogens is 1. The maximum absolute atomic E-state index is 15.5. The van der Waals surface area contributed by atoms with Crippen LogP contribution in [0.2, 0.25) is 0 Å². The first kappa shape index (κ1) is 80.3. The molecule has 6 aromatic rings. The lowest BCUT2D eigenvalue weighted by Crippen LogP contribution is -2.61. The Morgan fingerprint density at radius 1 is 0.686 bits per heavy atom. The third-order valence-electron chi connectivity index (χ3n) is 16.8. The number of carboxylic acid groups (broad SMARTS) is 1. The molecule has 0 radical (unpaired) electrons. The summed E-state index contributed by atoms with van der Waals surface area (Å²) in [6, 6.07) is 15.8. The first-order valence-corrected chi connectivity index (χ1v) is 33.2. The maximum Gasteiger partial charge on any atom is 0.305 e. The molecular formula is C70H90FN15O16. The minimum absolute atomic E-state index is 0.00925. The van der Waals surface area contributed by atoms with Gasteiger partial charge in [0, 0.05) is 62.6 Å². The standard InChI is InChI=1S/C70H90FN15O16/c1-7-43-32-48(102-30-14-13-28-72)23-24-49(43)44-21-19-42(20-22-44)31-52(62(95)76-46-16-9-8-10-17-46)77-63(96)53(34-59(93)94)78-64(97)54(38-87)79-65(98)61(41(3)89)82-68(101)70(6,35-45-15-11-12-18-50(45)71)36-56(91)60(40(2)88)81-58(92)26-25-55(90)51(33-57-83-85-86-84-57)80-67(100)69(4,5)66(99)74-29-27-47-37-73-39-75-47/h8-12,15-24,32,37,39-41,51-54,60-61,87-89H,7,13-14,25-31,33-36,38,72H2,1-6H3,(H,73,75)(H,74,99)(H,76,95)(H,77,96)(H,78,97)(H,79,98)(H,80,100)(H,81,92)(H,82,101)(H,93,94)(H,83,84,85,86)/t40-,41-,51+,52+,53+,54+,60+,61+,70-/m1/s1. The van der Waals surface area contributed by atoms with E-state index in [0.717, 1.165) is 55.1 Å². The highest BCUT2D eigenvalue weighted by molar-refractivity contribution is 6.06. The van der Waals surface area contributed by atoms with Gasteiger partial charge in [-0.2, -0.15) is 5.21 Å². The highest BCUT2D eigenvalue weighted by Crippen LogP contribution is 2.32. The molecule has 0 aliphatic carbocycles. The van der Waals surface area contributed by atoms with Gasteiger partial charge in [0.2, 0.25) is 47.3 Å². The molecule has 548 valence electrons. The fourth-order valence-corrected chi connectivity index (χ4v) is 10.8. The summed E-state index contributed by atoms with van der Waals surface area (Å²) in [5.41, 5.74) is 6.13. The van der Waals surface area contributed by atoms with Crippen LogP contribution in [0.5, 0.6) is 5.75 Å². The zero-order valence-electron chi connectivity index (χ0n) is 57.5. The quantitative estimate of drug-likeness (QED) is 0.0187. The van der Waals surface area contributed by atoms with E-state index in [-0.39, 0.29) is 30.8 Å². The number of nitrogens with one attached hydrogen (secondary N) is 10. The first-order valence-electron chi connectivity index (χ1n) is 33.2. The van der Waals surface area contributed by atoms with E-state index in [2.05, 4.69) is 73.1 Å². The summed E-state index contributed by atoms with van der Waals surface area (Å²) in [6.07, 6.45) is -2.02. The van der Waals surface area contributed by atoms with E-state index < -0.39 is 169 Å². The largest absolute Gasteiger partial charge is 0.494 e. The molecule has 2 heterocycles. The molecule has 0 fully saturated rings. The summed E-state index contributed by atoms with van der Waals surface area (Å²) in [5.74, 6) is -11.7. The number of unbranched alkanes of at least 4 members (excludes halogenated alkanes) is 1. The Morgan fingerprint density at radius 3 is 1.99 bits per heavy atom. The van der Waals surface area contributed by atoms with Crippen molar-refractivity contribution in [2.45, 2.75) is 161 Å². The second kappa shape index (κ2) is 38.8. The van der Waals surface area contributed by atoms with Crippen molar-refractivity contribution < 1.29 is 82.3 Å². The van der Waals surface area contributed by atoms with Crippen LogP contribution >= 0.6 is 0 Å². The van der Waals surface area contributed by atoms with Crippen LogP contribution in [0.3, 0.4) is 0 Å². The number of aliphatic carboxylic acids is 1. The lowest BCUT2D eigenvalue weighted by Gasteiger charge is -2.33. The Hall–Kier alpha value is -10.7. The second-order valence-electron chi connectivity index (χ2n) is 25.4. The minimum Gasteiger partial charge on any atom is -0.494 e. The molecule has 102 heavy (non-hydrogen) atoms. The Bertz CT molecular complexity index is 3820. The fraction of sp³-hybridized carbons (Fsp3) is 0.443. The van der Waals surface area contributed by atoms with Gasteiger partial charge in [-0.1, -0.05) is 85.8 Å². The molecule has 0 aliphatic rings. The number of nitrogens with zero attached hydrogens (tertiary/aromatic N) is 4. The van der Waals surface area contributed by atoms with Gasteiger partial charge >= 0.3 is 5.97 Å². The number of aliphatic hydroxyl groups excluding tert-OH is 3. The number of H-pyrrole nitrogens is 2. The number of imidazole rings is 1. The van der Waals surface area contributed by atoms with E-state index >= 15 is 4.39 Å². The van der Waals surface area contributed by atoms with Gasteiger partial charge in [-0.15, -0.1) is 10.2 Å². The number of aromatic nitrogens is 6. The summed E-state index contributed by atoms with van der Waals surface area (Å²) in [6.45, 7) is 8.10. The van der Waals surface area contributed by atoms with E-state index in [1.807, 2.05) is 37.3 Å². The predicted molar refractivity (Wildman–Crippen MR) is 367 cm³/mol. The number of ether oxygens (including phenoxy) is 1. The molecule has 2 aromatic heterocycles. The van der Waals surface area contributed by atoms with Crippen LogP contribution in [0.1, 0.15) is 108 Å². The summed E-state index contributed by atoms with van der Waals surface area (Å²) in [5, 5.41) is 75.5. The highest BCUT2D eigenvalue weighted by atomic mass is 19.1. The van der Waals surface area contributed by atoms with Gasteiger partial charge < -0.3 is 78.4 Å². The van der Waals surface area contributed by atoms with E-state index in [0.29, 0.717) is 43.0 Å². The molecule has 0 aliphatic heterocycles. The molecule has 9 atom stereocenters. The Kier molecular flexibility index (Phi) is 30.5. The summed E-state index contributed by atoms with van der Waals surface area (Å²) in [7, 11) is 0. The van der Waals surface area contributed by atoms with Crippen LogP contribution in [0.15, 0.2) is 110 Å². The number of aliphatic hydroxyl groups is 3. The number of carbonyl (C=O) groups is 11. The Morgan fingerprint density at radius 2 is 1.36 bits per heavy atom. The zero-order chi connectivity index (χ0) is 74.7. The molecule has 4 aromatic carbocycles. The number of ketones is 2. The fourth-order valence-electron chi connectivity index (χ4n) is 10.8. The van der Waals surface area contributed by atoms with Gasteiger partial charge in [0.25, 0.3) is 0 Å². The van der Waals surface area contributed by atoms with Crippen LogP contribution in [0.25, 0.3) is 11.1 Å². The molecule has 8 amide bonds. The number of anilines is 1. The number of para-hydroxylation sites is 1. The minimum atomic E-state index is -2.11. The smallest absolute Gasteiger partial charge is 0.305 e. The van der Waals surface area contributed by atoms with Crippen LogP contribution in [-0.2, 0) is 84.8 Å². The number of rotatable bonds is 42. The molecule has 0 saturated carbocycles. The van der Waals surface area contributed by atoms with Crippen molar-refractivity contribution in [1.29, 1.82) is 0 Å². The lowest BCUT2D eigenvalue weighted by atomic mass is 9.76. The van der Waals surface area contributed by atoms with Crippen molar-refractivity contribution in [3.05, 3.63) is 144 Å². The van der Waals surface area contributed by atoms with Crippen molar-refractivity contribution in [2.75, 3.05) is 31.6 Å². The van der Waals surface area contributed by atoms with Crippen molar-refractivity contribution >= 4 is 70.5 Å². The number of nitrogens with two attached hydrogens (primary N) is 1. The third kappa shape index (κ3) is 24.0. The summed E-state index contributed by atoms with van der Waals surface area (Å²) >= 11 is 0. The average molecular weight is 1420 g/mol. The van der Waals surface area contributed by atoms with Gasteiger partial charge in [-0.25, -0.2) is 9.37 Å². The number of aryl methyl sites for hydroxylation is 1. The number of aromatic amines is 2. The molecular weight excluding hydrogens is 1330 g/mol. The third-order valence-corrected chi connectivity index (χ3v) is 16.8. The van der Waals surface area contributed by atoms with Crippen LogP contribution < -0.4 is 53.0 Å². The van der Waals surface area contributed by atoms with Gasteiger partial charge in [0.1, 0.15) is 47.2 Å². The van der Waals surface area contributed by atoms with Gasteiger partial charge in [-0.05, 0) is 118 Å². The predicted octanol–water partition coefficient (Wildman–Crippen LogP) is 0.913. The molecule has 0 unspecified atom stereocenters. The number of hydrogen-bond donors (Lipinski definition) is 15.